The van der Waals surface area contributed by atoms with Crippen molar-refractivity contribution in [1.82, 2.24) is 9.80 Å². The van der Waals surface area contributed by atoms with Crippen LogP contribution in [0.15, 0.2) is 41.4 Å². The minimum absolute atomic E-state index is 0.00578. The number of likely N-dealkylation sites (N-methyl/N-ethyl adjacent to an activating group) is 1. The molecule has 0 spiro atoms. The van der Waals surface area contributed by atoms with E-state index in [1.165, 1.54) is 17.2 Å². The summed E-state index contributed by atoms with van der Waals surface area (Å²) in [5.41, 5.74) is -0.256. The van der Waals surface area contributed by atoms with Crippen molar-refractivity contribution in [2.24, 2.45) is 0 Å². The van der Waals surface area contributed by atoms with Crippen LogP contribution in [0.2, 0.25) is 0 Å². The highest BCUT2D eigenvalue weighted by molar-refractivity contribution is 7.86. The second kappa shape index (κ2) is 8.14. The smallest absolute Gasteiger partial charge is 0.414 e. The van der Waals surface area contributed by atoms with E-state index in [0.717, 1.165) is 29.2 Å². The zero-order valence-corrected chi connectivity index (χ0v) is 15.3. The molecule has 0 radical (unpaired) electrons. The van der Waals surface area contributed by atoms with Gasteiger partial charge in [0.15, 0.2) is 0 Å². The van der Waals surface area contributed by atoms with Gasteiger partial charge in [0.1, 0.15) is 12.7 Å². The number of cyclic esters (lactones) is 1. The van der Waals surface area contributed by atoms with E-state index in [4.69, 9.17) is 8.92 Å². The number of nitro groups is 1. The lowest BCUT2D eigenvalue weighted by atomic mass is 10.3. The minimum atomic E-state index is -4.17. The SMILES string of the molecule is CN(C)C(=O)/C=C/N1C[C@@H](COS(=O)(=O)c2ccc([N+](=O)[O-])cc2)OC1=O. The molecular weight excluding hydrogens is 382 g/mol. The average molecular weight is 399 g/mol. The number of benzene rings is 1. The third-order valence-electron chi connectivity index (χ3n) is 3.49. The number of nitro benzene ring substituents is 1. The third-order valence-corrected chi connectivity index (χ3v) is 4.78. The highest BCUT2D eigenvalue weighted by Crippen LogP contribution is 2.19. The summed E-state index contributed by atoms with van der Waals surface area (Å²) in [6.07, 6.45) is 0.830. The van der Waals surface area contributed by atoms with Crippen LogP contribution in [0.25, 0.3) is 0 Å². The molecule has 2 amide bonds. The van der Waals surface area contributed by atoms with Gasteiger partial charge in [-0.3, -0.25) is 24.0 Å². The molecule has 1 aromatic carbocycles. The fourth-order valence-electron chi connectivity index (χ4n) is 2.02. The van der Waals surface area contributed by atoms with Crippen molar-refractivity contribution in [2.45, 2.75) is 11.0 Å². The van der Waals surface area contributed by atoms with Crippen molar-refractivity contribution in [3.63, 3.8) is 0 Å². The maximum Gasteiger partial charge on any atom is 0.414 e. The molecule has 1 aliphatic rings. The van der Waals surface area contributed by atoms with Crippen molar-refractivity contribution in [2.75, 3.05) is 27.2 Å². The number of carbonyl (C=O) groups excluding carboxylic acids is 2. The molecule has 0 N–H and O–H groups in total. The molecule has 11 nitrogen and oxygen atoms in total. The van der Waals surface area contributed by atoms with Crippen molar-refractivity contribution in [3.8, 4) is 0 Å². The number of non-ortho nitro benzene ring substituents is 1. The third kappa shape index (κ3) is 5.24. The maximum absolute atomic E-state index is 12.1. The summed E-state index contributed by atoms with van der Waals surface area (Å²) in [4.78, 5) is 35.3. The van der Waals surface area contributed by atoms with Crippen molar-refractivity contribution < 1.29 is 31.9 Å². The lowest BCUT2D eigenvalue weighted by Gasteiger charge is -2.10. The highest BCUT2D eigenvalue weighted by Gasteiger charge is 2.32. The van der Waals surface area contributed by atoms with E-state index in [2.05, 4.69) is 0 Å². The fourth-order valence-corrected chi connectivity index (χ4v) is 2.96. The molecule has 1 aliphatic heterocycles. The van der Waals surface area contributed by atoms with E-state index in [9.17, 15) is 28.1 Å². The number of amides is 2. The number of hydrogen-bond acceptors (Lipinski definition) is 8. The molecule has 0 saturated carbocycles. The number of hydrogen-bond donors (Lipinski definition) is 0. The van der Waals surface area contributed by atoms with Crippen LogP contribution in [0.1, 0.15) is 0 Å². The predicted molar refractivity (Wildman–Crippen MR) is 91.0 cm³/mol. The zero-order chi connectivity index (χ0) is 20.2. The Morgan fingerprint density at radius 2 is 2.04 bits per heavy atom. The van der Waals surface area contributed by atoms with Gasteiger partial charge in [0, 0.05) is 38.5 Å². The summed E-state index contributed by atoms with van der Waals surface area (Å²) < 4.78 is 34.1. The molecule has 1 heterocycles. The van der Waals surface area contributed by atoms with E-state index in [0.29, 0.717) is 0 Å². The highest BCUT2D eigenvalue weighted by atomic mass is 32.2. The van der Waals surface area contributed by atoms with E-state index in [1.54, 1.807) is 14.1 Å². The quantitative estimate of drug-likeness (QED) is 0.283. The Hall–Kier alpha value is -2.99. The lowest BCUT2D eigenvalue weighted by molar-refractivity contribution is -0.384. The Morgan fingerprint density at radius 3 is 2.59 bits per heavy atom. The summed E-state index contributed by atoms with van der Waals surface area (Å²) in [5.74, 6) is -0.330. The largest absolute Gasteiger partial charge is 0.441 e. The van der Waals surface area contributed by atoms with E-state index < -0.39 is 33.8 Å². The molecule has 27 heavy (non-hydrogen) atoms. The molecule has 146 valence electrons. The molecule has 12 heteroatoms. The van der Waals surface area contributed by atoms with E-state index in [1.807, 2.05) is 0 Å². The Bertz CT molecular complexity index is 864. The van der Waals surface area contributed by atoms with Crippen molar-refractivity contribution >= 4 is 27.8 Å². The van der Waals surface area contributed by atoms with Crippen LogP contribution < -0.4 is 0 Å². The number of carbonyl (C=O) groups is 2. The standard InChI is InChI=1S/C15H17N3O8S/c1-16(2)14(19)7-8-17-9-12(26-15(17)20)10-25-27(23,24)13-5-3-11(4-6-13)18(21)22/h3-8,12H,9-10H2,1-2H3/b8-7+/t12-/m0/s1. The van der Waals surface area contributed by atoms with Crippen LogP contribution in [0.3, 0.4) is 0 Å². The molecule has 0 unspecified atom stereocenters. The van der Waals surface area contributed by atoms with Gasteiger partial charge in [0.2, 0.25) is 5.91 Å². The Labute approximate surface area is 155 Å². The molecule has 1 fully saturated rings. The van der Waals surface area contributed by atoms with E-state index in [-0.39, 0.29) is 23.0 Å². The lowest BCUT2D eigenvalue weighted by Crippen LogP contribution is -2.24. The van der Waals surface area contributed by atoms with Gasteiger partial charge >= 0.3 is 6.09 Å². The molecule has 1 aromatic rings. The molecule has 1 saturated heterocycles. The summed E-state index contributed by atoms with van der Waals surface area (Å²) in [6.45, 7) is -0.428. The van der Waals surface area contributed by atoms with Gasteiger partial charge in [0.25, 0.3) is 15.8 Å². The van der Waals surface area contributed by atoms with Gasteiger partial charge in [-0.15, -0.1) is 0 Å². The van der Waals surface area contributed by atoms with Gasteiger partial charge < -0.3 is 9.64 Å². The van der Waals surface area contributed by atoms with Gasteiger partial charge in [0.05, 0.1) is 16.4 Å². The first-order valence-corrected chi connectivity index (χ1v) is 9.01. The van der Waals surface area contributed by atoms with Crippen LogP contribution >= 0.6 is 0 Å². The summed E-state index contributed by atoms with van der Waals surface area (Å²) in [7, 11) is -1.07. The number of nitrogens with zero attached hydrogens (tertiary/aromatic N) is 3. The van der Waals surface area contributed by atoms with E-state index >= 15 is 0 Å². The molecule has 2 rings (SSSR count). The number of rotatable bonds is 7. The minimum Gasteiger partial charge on any atom is -0.441 e. The normalized spacial score (nSPS) is 17.2. The zero-order valence-electron chi connectivity index (χ0n) is 14.5. The summed E-state index contributed by atoms with van der Waals surface area (Å²) >= 11 is 0. The Morgan fingerprint density at radius 1 is 1.41 bits per heavy atom. The maximum atomic E-state index is 12.1. The first-order valence-electron chi connectivity index (χ1n) is 7.61. The predicted octanol–water partition coefficient (Wildman–Crippen LogP) is 0.723. The van der Waals surface area contributed by atoms with Gasteiger partial charge in [-0.2, -0.15) is 8.42 Å². The number of ether oxygens (including phenoxy) is 1. The monoisotopic (exact) mass is 399 g/mol. The van der Waals surface area contributed by atoms with Gasteiger partial charge in [-0.1, -0.05) is 0 Å². The van der Waals surface area contributed by atoms with Crippen LogP contribution in [-0.4, -0.2) is 68.5 Å². The second-order valence-electron chi connectivity index (χ2n) is 5.70. The average Bonchev–Trinajstić information content (AvgIpc) is 2.97. The Balaban J connectivity index is 1.95. The van der Waals surface area contributed by atoms with Crippen LogP contribution in [-0.2, 0) is 23.8 Å². The molecule has 0 aliphatic carbocycles. The van der Waals surface area contributed by atoms with Gasteiger partial charge in [-0.05, 0) is 12.1 Å². The molecule has 0 bridgehead atoms. The topological polar surface area (TPSA) is 136 Å². The molecule has 0 aromatic heterocycles. The first-order chi connectivity index (χ1) is 12.6. The van der Waals surface area contributed by atoms with Crippen LogP contribution in [0, 0.1) is 10.1 Å². The second-order valence-corrected chi connectivity index (χ2v) is 7.31. The van der Waals surface area contributed by atoms with Crippen molar-refractivity contribution in [3.05, 3.63) is 46.7 Å². The van der Waals surface area contributed by atoms with Crippen LogP contribution in [0.4, 0.5) is 10.5 Å². The van der Waals surface area contributed by atoms with Crippen molar-refractivity contribution in [1.29, 1.82) is 0 Å². The first kappa shape index (κ1) is 20.3. The molecular formula is C15H17N3O8S. The summed E-state index contributed by atoms with van der Waals surface area (Å²) in [5, 5.41) is 10.6. The summed E-state index contributed by atoms with van der Waals surface area (Å²) in [6, 6.07) is 4.19. The fraction of sp³-hybridized carbons (Fsp3) is 0.333. The van der Waals surface area contributed by atoms with Gasteiger partial charge in [-0.25, -0.2) is 4.79 Å². The Kier molecular flexibility index (Phi) is 6.13. The molecule has 1 atom stereocenters. The van der Waals surface area contributed by atoms with Crippen LogP contribution in [0.5, 0.6) is 0 Å².